The molecule has 1 fully saturated rings. The predicted molar refractivity (Wildman–Crippen MR) is 152 cm³/mol. The maximum Gasteiger partial charge on any atom is 0.417 e. The van der Waals surface area contributed by atoms with Crippen LogP contribution in [0.3, 0.4) is 0 Å². The van der Waals surface area contributed by atoms with Crippen LogP contribution in [-0.4, -0.2) is 34.3 Å². The Morgan fingerprint density at radius 2 is 1.55 bits per heavy atom. The minimum absolute atomic E-state index is 0.0599. The lowest BCUT2D eigenvalue weighted by molar-refractivity contribution is -0.137. The predicted octanol–water partition coefficient (Wildman–Crippen LogP) is 6.85. The van der Waals surface area contributed by atoms with Crippen LogP contribution in [0.5, 0.6) is 0 Å². The molecule has 206 valence electrons. The maximum absolute atomic E-state index is 13.4. The first-order chi connectivity index (χ1) is 19.3. The van der Waals surface area contributed by atoms with Gasteiger partial charge in [-0.15, -0.1) is 0 Å². The Bertz CT molecular complexity index is 1430. The molecule has 4 aromatic rings. The molecule has 0 atom stereocenters. The Hall–Kier alpha value is -4.47. The van der Waals surface area contributed by atoms with Gasteiger partial charge in [-0.1, -0.05) is 66.2 Å². The van der Waals surface area contributed by atoms with Gasteiger partial charge in [-0.05, 0) is 55.9 Å². The molecular weight excluding hydrogens is 515 g/mol. The number of rotatable bonds is 8. The number of hydrazone groups is 1. The van der Waals surface area contributed by atoms with Crippen molar-refractivity contribution in [1.82, 2.24) is 15.0 Å². The van der Waals surface area contributed by atoms with E-state index in [9.17, 15) is 13.2 Å². The zero-order valence-electron chi connectivity index (χ0n) is 22.1. The first-order valence-corrected chi connectivity index (χ1v) is 13.2. The van der Waals surface area contributed by atoms with Crippen molar-refractivity contribution in [1.29, 1.82) is 0 Å². The highest BCUT2D eigenvalue weighted by Crippen LogP contribution is 2.31. The van der Waals surface area contributed by atoms with Gasteiger partial charge in [0, 0.05) is 24.3 Å². The quantitative estimate of drug-likeness (QED) is 0.186. The highest BCUT2D eigenvalue weighted by Gasteiger charge is 2.32. The summed E-state index contributed by atoms with van der Waals surface area (Å²) in [6.45, 7) is 3.57. The van der Waals surface area contributed by atoms with E-state index < -0.39 is 11.7 Å². The fourth-order valence-corrected chi connectivity index (χ4v) is 4.69. The second kappa shape index (κ2) is 12.1. The Kier molecular flexibility index (Phi) is 8.23. The average molecular weight is 546 g/mol. The summed E-state index contributed by atoms with van der Waals surface area (Å²) in [5.41, 5.74) is 5.13. The van der Waals surface area contributed by atoms with Gasteiger partial charge in [0.05, 0.1) is 11.8 Å². The third kappa shape index (κ3) is 7.13. The summed E-state index contributed by atoms with van der Waals surface area (Å²) in [5, 5.41) is 7.22. The normalized spacial score (nSPS) is 14.4. The van der Waals surface area contributed by atoms with Gasteiger partial charge in [0.25, 0.3) is 0 Å². The van der Waals surface area contributed by atoms with E-state index in [1.165, 1.54) is 23.8 Å². The number of nitrogens with one attached hydrogen (secondary N) is 2. The van der Waals surface area contributed by atoms with Crippen LogP contribution in [0.1, 0.15) is 35.1 Å². The van der Waals surface area contributed by atoms with E-state index in [4.69, 9.17) is 0 Å². The Morgan fingerprint density at radius 1 is 0.875 bits per heavy atom. The van der Waals surface area contributed by atoms with E-state index in [0.29, 0.717) is 17.8 Å². The molecule has 2 heterocycles. The van der Waals surface area contributed by atoms with Gasteiger partial charge in [0.15, 0.2) is 0 Å². The highest BCUT2D eigenvalue weighted by molar-refractivity contribution is 5.82. The van der Waals surface area contributed by atoms with Crippen LogP contribution in [-0.2, 0) is 12.6 Å². The number of benzene rings is 3. The second-order valence-corrected chi connectivity index (χ2v) is 9.85. The fraction of sp³-hybridized carbons (Fsp3) is 0.267. The number of piperidine rings is 1. The number of aryl methyl sites for hydroxylation is 1. The summed E-state index contributed by atoms with van der Waals surface area (Å²) in [7, 11) is 0. The SMILES string of the molecule is Cc1ccc(Nc2nc(N/N=C/c3ccccc3C(F)(F)F)nc(N3CCC(Cc4ccccc4)CC3)n2)cc1. The van der Waals surface area contributed by atoms with Gasteiger partial charge < -0.3 is 10.2 Å². The minimum Gasteiger partial charge on any atom is -0.341 e. The largest absolute Gasteiger partial charge is 0.417 e. The molecule has 1 aliphatic heterocycles. The molecule has 1 aliphatic rings. The van der Waals surface area contributed by atoms with Crippen molar-refractivity contribution < 1.29 is 13.2 Å². The first-order valence-electron chi connectivity index (χ1n) is 13.2. The van der Waals surface area contributed by atoms with Gasteiger partial charge in [0.1, 0.15) is 0 Å². The van der Waals surface area contributed by atoms with Gasteiger partial charge in [-0.3, -0.25) is 0 Å². The molecule has 0 radical (unpaired) electrons. The molecule has 5 rings (SSSR count). The number of halogens is 3. The molecule has 0 bridgehead atoms. The van der Waals surface area contributed by atoms with E-state index >= 15 is 0 Å². The number of alkyl halides is 3. The third-order valence-electron chi connectivity index (χ3n) is 6.83. The van der Waals surface area contributed by atoms with E-state index in [2.05, 4.69) is 60.0 Å². The smallest absolute Gasteiger partial charge is 0.341 e. The lowest BCUT2D eigenvalue weighted by atomic mass is 9.90. The number of nitrogens with zero attached hydrogens (tertiary/aromatic N) is 5. The van der Waals surface area contributed by atoms with Crippen molar-refractivity contribution in [2.75, 3.05) is 28.7 Å². The van der Waals surface area contributed by atoms with Crippen LogP contribution in [0.4, 0.5) is 36.7 Å². The van der Waals surface area contributed by atoms with Gasteiger partial charge in [-0.2, -0.15) is 33.2 Å². The topological polar surface area (TPSA) is 78.3 Å². The average Bonchev–Trinajstić information content (AvgIpc) is 2.95. The summed E-state index contributed by atoms with van der Waals surface area (Å²) >= 11 is 0. The summed E-state index contributed by atoms with van der Waals surface area (Å²) in [6, 6.07) is 23.5. The number of hydrogen-bond acceptors (Lipinski definition) is 7. The van der Waals surface area contributed by atoms with Crippen molar-refractivity contribution in [2.45, 2.75) is 32.4 Å². The second-order valence-electron chi connectivity index (χ2n) is 9.85. The van der Waals surface area contributed by atoms with Crippen LogP contribution >= 0.6 is 0 Å². The lowest BCUT2D eigenvalue weighted by Crippen LogP contribution is -2.35. The van der Waals surface area contributed by atoms with Crippen LogP contribution in [0.25, 0.3) is 0 Å². The van der Waals surface area contributed by atoms with Crippen molar-refractivity contribution in [2.24, 2.45) is 11.0 Å². The lowest BCUT2D eigenvalue weighted by Gasteiger charge is -2.32. The Labute approximate surface area is 231 Å². The minimum atomic E-state index is -4.49. The molecule has 1 saturated heterocycles. The Balaban J connectivity index is 1.34. The molecule has 0 saturated carbocycles. The molecule has 0 amide bonds. The van der Waals surface area contributed by atoms with Crippen LogP contribution in [0.15, 0.2) is 84.0 Å². The van der Waals surface area contributed by atoms with E-state index in [1.54, 1.807) is 0 Å². The third-order valence-corrected chi connectivity index (χ3v) is 6.83. The monoisotopic (exact) mass is 545 g/mol. The molecular formula is C30H30F3N7. The standard InChI is InChI=1S/C30H30F3N7/c1-21-11-13-25(14-12-21)35-27-36-28(39-34-20-24-9-5-6-10-26(24)30(31,32)33)38-29(37-27)40-17-15-23(16-18-40)19-22-7-3-2-4-8-22/h2-14,20,23H,15-19H2,1H3,(H2,35,36,37,38,39)/b34-20+. The number of hydrogen-bond donors (Lipinski definition) is 2. The van der Waals surface area contributed by atoms with E-state index in [0.717, 1.165) is 55.9 Å². The zero-order chi connectivity index (χ0) is 28.0. The van der Waals surface area contributed by atoms with Crippen molar-refractivity contribution in [3.05, 3.63) is 101 Å². The molecule has 40 heavy (non-hydrogen) atoms. The first kappa shape index (κ1) is 27.1. The van der Waals surface area contributed by atoms with Crippen molar-refractivity contribution in [3.63, 3.8) is 0 Å². The molecule has 0 aliphatic carbocycles. The molecule has 1 aromatic heterocycles. The maximum atomic E-state index is 13.4. The summed E-state index contributed by atoms with van der Waals surface area (Å²) in [6.07, 6.45) is -0.338. The Morgan fingerprint density at radius 3 is 2.27 bits per heavy atom. The summed E-state index contributed by atoms with van der Waals surface area (Å²) in [4.78, 5) is 15.7. The highest BCUT2D eigenvalue weighted by atomic mass is 19.4. The van der Waals surface area contributed by atoms with E-state index in [-0.39, 0.29) is 11.5 Å². The molecule has 0 spiro atoms. The molecule has 10 heteroatoms. The van der Waals surface area contributed by atoms with Gasteiger partial charge >= 0.3 is 6.18 Å². The number of anilines is 4. The van der Waals surface area contributed by atoms with Crippen LogP contribution in [0, 0.1) is 12.8 Å². The molecule has 3 aromatic carbocycles. The fourth-order valence-electron chi connectivity index (χ4n) is 4.69. The van der Waals surface area contributed by atoms with Crippen molar-refractivity contribution >= 4 is 29.7 Å². The zero-order valence-corrected chi connectivity index (χ0v) is 22.1. The van der Waals surface area contributed by atoms with Gasteiger partial charge in [0.2, 0.25) is 17.8 Å². The van der Waals surface area contributed by atoms with Gasteiger partial charge in [-0.25, -0.2) is 5.43 Å². The summed E-state index contributed by atoms with van der Waals surface area (Å²) < 4.78 is 40.1. The van der Waals surface area contributed by atoms with Crippen LogP contribution < -0.4 is 15.6 Å². The summed E-state index contributed by atoms with van der Waals surface area (Å²) in [5.74, 6) is 1.50. The molecule has 7 nitrogen and oxygen atoms in total. The molecule has 0 unspecified atom stereocenters. The number of aromatic nitrogens is 3. The van der Waals surface area contributed by atoms with Crippen LogP contribution in [0.2, 0.25) is 0 Å². The van der Waals surface area contributed by atoms with Crippen molar-refractivity contribution in [3.8, 4) is 0 Å². The van der Waals surface area contributed by atoms with E-state index in [1.807, 2.05) is 37.3 Å². The molecule has 2 N–H and O–H groups in total.